The molecule has 5 aromatic carbocycles. The van der Waals surface area contributed by atoms with Crippen molar-refractivity contribution in [2.75, 3.05) is 18.4 Å². The second kappa shape index (κ2) is 30.4. The van der Waals surface area contributed by atoms with Crippen LogP contribution in [-0.2, 0) is 31.1 Å². The molecule has 34 heteroatoms. The molecule has 0 aliphatic carbocycles. The molecule has 1 fully saturated rings. The van der Waals surface area contributed by atoms with Gasteiger partial charge >= 0.3 is 5.97 Å². The zero-order chi connectivity index (χ0) is 78.0. The first-order chi connectivity index (χ1) is 54.0. The molecular weight excluding hydrogens is 1550 g/mol. The standard InChI is InChI=1S/C78H63N13O15S6/c1-35-58(96)29-91-65(35)75-89-56(34-111-75)73-85-52(30-109-73)64-43(17-21-49(82-64)72-88-53(31-110-72)67(100)80-22-6-9-62(98)81-39-12-18-46-44(24-39)77(104)106-78(46)47-19-15-41(93)25-59(47)105-60-26-42(94)16-20-48(60)78)70-86-54(32-107-70)68(101)83-50(28-61(79)97)74-90-63(36(2)112-74)57(95)27-45(66(99)38-7-4-3-5-8-38)71-87-55(33-108-71)69(102)84-51(76(91)103)23-37-10-13-40(92)14-11-37/h3-5,7-8,10-21,24-26,30-35,45,50-51,58,65-66,92-94,96,99H,6,9,22-23,27-29H2,1-2H3,(H2,79,97)(H,80,100)(H,81,98)(H,83,101)(H,84,102)/t35-,45-,50-,51-,58-,65-,66+/m0/s1. The summed E-state index contributed by atoms with van der Waals surface area (Å²) in [6.45, 7) is 3.43. The Morgan fingerprint density at radius 3 is 2.04 bits per heavy atom. The number of ketones is 1. The topological polar surface area (TPSA) is 424 Å². The number of phenolic OH excluding ortho intramolecular Hbond substituents is 3. The number of primary amides is 1. The highest BCUT2D eigenvalue weighted by molar-refractivity contribution is 7.15. The van der Waals surface area contributed by atoms with Gasteiger partial charge in [-0.05, 0) is 85.1 Å². The van der Waals surface area contributed by atoms with Gasteiger partial charge in [0.2, 0.25) is 17.7 Å². The van der Waals surface area contributed by atoms with Crippen LogP contribution in [0.4, 0.5) is 5.69 Å². The number of aromatic nitrogens is 7. The van der Waals surface area contributed by atoms with Gasteiger partial charge in [0.1, 0.15) is 99.7 Å². The number of carbonyl (C=O) groups excluding carboxylic acids is 8. The van der Waals surface area contributed by atoms with Crippen LogP contribution in [-0.4, -0.2) is 138 Å². The van der Waals surface area contributed by atoms with Crippen LogP contribution in [0.15, 0.2) is 148 Å². The first-order valence-electron chi connectivity index (χ1n) is 35.0. The number of anilines is 1. The third kappa shape index (κ3) is 14.4. The predicted molar refractivity (Wildman–Crippen MR) is 416 cm³/mol. The molecular formula is C78H63N13O15S6. The van der Waals surface area contributed by atoms with Gasteiger partial charge in [0, 0.05) is 116 Å². The minimum atomic E-state index is -1.49. The summed E-state index contributed by atoms with van der Waals surface area (Å²) in [4.78, 5) is 149. The number of aryl methyl sites for hydroxylation is 1. The number of aliphatic hydroxyl groups excluding tert-OH is 2. The summed E-state index contributed by atoms with van der Waals surface area (Å²) in [5.41, 5.74) is 8.98. The molecule has 1 spiro atoms. The molecule has 0 radical (unpaired) electrons. The van der Waals surface area contributed by atoms with Gasteiger partial charge in [-0.3, -0.25) is 33.6 Å². The SMILES string of the molecule is Cc1sc2nc1C(=O)C[C@@H]([C@H](O)c1ccccc1)c1nc(cs1)C(=O)N[C@@H](Cc1ccc(O)cc1)C(=O)N1C[C@H](O)[C@H](C)[C@H]1c1nc(cs1)-c1nc(cs1)-c1nc(-c3nc(C(=O)NCCCC(=O)Nc4ccc5c(c4)C(=O)OC54c5ccc(O)cc5Oc5cc(O)ccc54)cs3)ccc1-c1nc(cs1)C(=O)N[C@H]2CC(N)=O. The number of carbonyl (C=O) groups is 8. The van der Waals surface area contributed by atoms with E-state index in [9.17, 15) is 59.1 Å². The van der Waals surface area contributed by atoms with E-state index in [0.29, 0.717) is 86.8 Å². The largest absolute Gasteiger partial charge is 0.508 e. The highest BCUT2D eigenvalue weighted by atomic mass is 32.1. The Kier molecular flexibility index (Phi) is 20.2. The van der Waals surface area contributed by atoms with Crippen LogP contribution in [0.2, 0.25) is 0 Å². The van der Waals surface area contributed by atoms with Crippen molar-refractivity contribution in [3.63, 3.8) is 0 Å². The number of thiazole rings is 6. The van der Waals surface area contributed by atoms with Gasteiger partial charge < -0.3 is 66.9 Å². The monoisotopic (exact) mass is 1610 g/mol. The zero-order valence-corrected chi connectivity index (χ0v) is 63.7. The summed E-state index contributed by atoms with van der Waals surface area (Å²) >= 11 is 6.86. The number of hydrogen-bond acceptors (Lipinski definition) is 28. The normalized spacial score (nSPS) is 18.8. The third-order valence-corrected chi connectivity index (χ3v) is 25.2. The van der Waals surface area contributed by atoms with Crippen LogP contribution >= 0.6 is 68.0 Å². The van der Waals surface area contributed by atoms with Gasteiger partial charge in [-0.25, -0.2) is 39.7 Å². The van der Waals surface area contributed by atoms with Crippen molar-refractivity contribution in [3.8, 4) is 72.1 Å². The molecule has 0 saturated carbocycles. The average molecular weight is 1610 g/mol. The quantitative estimate of drug-likeness (QED) is 0.0378. The number of amides is 6. The molecule has 7 aromatic heterocycles. The number of nitrogens with zero attached hydrogens (tertiary/aromatic N) is 8. The van der Waals surface area contributed by atoms with E-state index in [4.69, 9.17) is 45.1 Å². The van der Waals surface area contributed by atoms with Crippen LogP contribution in [0, 0.1) is 12.8 Å². The van der Waals surface area contributed by atoms with E-state index in [2.05, 4.69) is 26.3 Å². The van der Waals surface area contributed by atoms with Crippen molar-refractivity contribution in [1.82, 2.24) is 55.7 Å². The van der Waals surface area contributed by atoms with E-state index in [1.807, 2.05) is 6.92 Å². The van der Waals surface area contributed by atoms with E-state index >= 15 is 4.79 Å². The summed E-state index contributed by atoms with van der Waals surface area (Å²) in [7, 11) is 0. The molecule has 7 atom stereocenters. The van der Waals surface area contributed by atoms with Crippen molar-refractivity contribution in [2.24, 2.45) is 11.7 Å². The number of aromatic hydroxyl groups is 3. The summed E-state index contributed by atoms with van der Waals surface area (Å²) in [6.07, 6.45) is -2.97. The number of Topliss-reactive ketones (excluding diaryl/α,β-unsaturated/α-hetero) is 1. The molecule has 4 aliphatic heterocycles. The number of benzene rings is 5. The van der Waals surface area contributed by atoms with Gasteiger partial charge in [0.05, 0.1) is 47.0 Å². The molecule has 4 aliphatic rings. The Labute approximate surface area is 659 Å². The van der Waals surface area contributed by atoms with E-state index in [1.165, 1.54) is 80.8 Å². The van der Waals surface area contributed by atoms with E-state index in [-0.39, 0.29) is 106 Å². The number of ether oxygens (including phenoxy) is 2. The van der Waals surface area contributed by atoms with Crippen molar-refractivity contribution >= 4 is 121 Å². The Hall–Kier alpha value is -11.9. The molecule has 12 aromatic rings. The fourth-order valence-electron chi connectivity index (χ4n) is 14.1. The summed E-state index contributed by atoms with van der Waals surface area (Å²) < 4.78 is 12.2. The van der Waals surface area contributed by atoms with E-state index in [0.717, 1.165) is 45.3 Å². The van der Waals surface area contributed by atoms with Crippen molar-refractivity contribution in [3.05, 3.63) is 224 Å². The number of phenols is 3. The van der Waals surface area contributed by atoms with E-state index < -0.39 is 101 Å². The molecule has 6 amide bonds. The number of rotatable bonds is 13. The molecule has 112 heavy (non-hydrogen) atoms. The highest BCUT2D eigenvalue weighted by Gasteiger charge is 2.54. The first-order valence-corrected chi connectivity index (χ1v) is 40.2. The summed E-state index contributed by atoms with van der Waals surface area (Å²) in [6, 6.07) is 28.7. The molecule has 28 nitrogen and oxygen atoms in total. The van der Waals surface area contributed by atoms with Crippen molar-refractivity contribution < 1.29 is 73.4 Å². The number of pyridine rings is 1. The fourth-order valence-corrected chi connectivity index (χ4v) is 19.5. The van der Waals surface area contributed by atoms with Crippen LogP contribution in [0.1, 0.15) is 157 Å². The van der Waals surface area contributed by atoms with Gasteiger partial charge in [-0.1, -0.05) is 55.5 Å². The lowest BCUT2D eigenvalue weighted by molar-refractivity contribution is -0.134. The Bertz CT molecular complexity index is 5730. The molecule has 1 saturated heterocycles. The smallest absolute Gasteiger partial charge is 0.340 e. The predicted octanol–water partition coefficient (Wildman–Crippen LogP) is 11.3. The lowest BCUT2D eigenvalue weighted by Gasteiger charge is -2.36. The lowest BCUT2D eigenvalue weighted by atomic mass is 9.77. The maximum absolute atomic E-state index is 15.3. The fraction of sp³-hybridized carbons (Fsp3) is 0.218. The number of hydrogen-bond donors (Lipinski definition) is 10. The van der Waals surface area contributed by atoms with Crippen LogP contribution in [0.5, 0.6) is 28.7 Å². The molecule has 566 valence electrons. The maximum Gasteiger partial charge on any atom is 0.340 e. The Morgan fingerprint density at radius 1 is 0.652 bits per heavy atom. The van der Waals surface area contributed by atoms with Crippen LogP contribution in [0.25, 0.3) is 43.4 Å². The number of aliphatic hydroxyl groups is 2. The zero-order valence-electron chi connectivity index (χ0n) is 58.8. The Balaban J connectivity index is 0.676. The number of esters is 1. The molecule has 0 unspecified atom stereocenters. The van der Waals surface area contributed by atoms with Crippen LogP contribution in [0.3, 0.4) is 0 Å². The molecule has 11 heterocycles. The highest BCUT2D eigenvalue weighted by Crippen LogP contribution is 2.57. The summed E-state index contributed by atoms with van der Waals surface area (Å²) in [5.74, 6) is -6.24. The second-order valence-corrected chi connectivity index (χ2v) is 32.6. The Morgan fingerprint density at radius 2 is 1.29 bits per heavy atom. The van der Waals surface area contributed by atoms with Gasteiger partial charge in [-0.15, -0.1) is 68.0 Å². The minimum Gasteiger partial charge on any atom is -0.508 e. The second-order valence-electron chi connectivity index (χ2n) is 27.1. The van der Waals surface area contributed by atoms with Crippen molar-refractivity contribution in [1.29, 1.82) is 0 Å². The number of nitrogens with two attached hydrogens (primary N) is 1. The van der Waals surface area contributed by atoms with Gasteiger partial charge in [0.25, 0.3) is 17.7 Å². The number of fused-ring (bicyclic) bond motifs is 22. The summed E-state index contributed by atoms with van der Waals surface area (Å²) in [5, 5.41) is 76.2. The third-order valence-electron chi connectivity index (χ3n) is 19.7. The van der Waals surface area contributed by atoms with E-state index in [1.54, 1.807) is 102 Å². The minimum absolute atomic E-state index is 0.000349. The van der Waals surface area contributed by atoms with Gasteiger partial charge in [0.15, 0.2) is 11.4 Å². The molecule has 11 N–H and O–H groups in total. The van der Waals surface area contributed by atoms with Crippen LogP contribution < -0.4 is 31.7 Å². The average Bonchev–Trinajstić information content (AvgIpc) is 1.48. The lowest BCUT2D eigenvalue weighted by Crippen LogP contribution is -2.50. The maximum atomic E-state index is 15.3. The first kappa shape index (κ1) is 74.2. The van der Waals surface area contributed by atoms with Gasteiger partial charge in [-0.2, -0.15) is 0 Å². The number of nitrogens with one attached hydrogen (secondary N) is 4. The molecule has 10 bridgehead atoms. The molecule has 16 rings (SSSR count). The van der Waals surface area contributed by atoms with Crippen molar-refractivity contribution in [2.45, 2.75) is 87.8 Å².